The van der Waals surface area contributed by atoms with Crippen LogP contribution in [0.5, 0.6) is 5.75 Å². The first kappa shape index (κ1) is 101. The number of carbonyl (C=O) groups excluding carboxylic acids is 5. The zero-order valence-corrected chi connectivity index (χ0v) is 80.9. The molecule has 0 spiro atoms. The van der Waals surface area contributed by atoms with Crippen molar-refractivity contribution < 1.29 is 29.1 Å². The van der Waals surface area contributed by atoms with Gasteiger partial charge < -0.3 is 100 Å². The minimum atomic E-state index is 0.0376. The lowest BCUT2D eigenvalue weighted by atomic mass is 10.1. The van der Waals surface area contributed by atoms with E-state index in [1.54, 1.807) is 17.8 Å². The molecule has 714 valence electrons. The van der Waals surface area contributed by atoms with Crippen LogP contribution in [0.3, 0.4) is 0 Å². The average molecular weight is 1800 g/mol. The summed E-state index contributed by atoms with van der Waals surface area (Å²) in [6, 6.07) is 40.6. The van der Waals surface area contributed by atoms with Crippen LogP contribution in [-0.4, -0.2) is 357 Å². The lowest BCUT2D eigenvalue weighted by Gasteiger charge is -2.38. The Bertz CT molecular complexity index is 4030. The second-order valence-electron chi connectivity index (χ2n) is 37.2. The molecule has 1 atom stereocenters. The van der Waals surface area contributed by atoms with Gasteiger partial charge in [-0.1, -0.05) is 110 Å². The molecule has 0 aliphatic carbocycles. The number of hydrogen-bond donors (Lipinski definition) is 6. The van der Waals surface area contributed by atoms with Gasteiger partial charge in [0.25, 0.3) is 0 Å². The summed E-state index contributed by atoms with van der Waals surface area (Å²) >= 11 is 1.78. The van der Waals surface area contributed by atoms with Crippen LogP contribution in [0.1, 0.15) is 169 Å². The minimum absolute atomic E-state index is 0.0376. The maximum atomic E-state index is 12.4. The van der Waals surface area contributed by atoms with Crippen molar-refractivity contribution in [3.8, 4) is 5.75 Å². The summed E-state index contributed by atoms with van der Waals surface area (Å²) in [6.45, 7) is 49.1. The number of aryl methyl sites for hydroxylation is 4. The molecule has 0 aromatic heterocycles. The summed E-state index contributed by atoms with van der Waals surface area (Å²) in [5.74, 6) is 0.304. The van der Waals surface area contributed by atoms with Crippen molar-refractivity contribution in [2.45, 2.75) is 174 Å². The number of urea groups is 5. The molecule has 10 heterocycles. The molecule has 10 aliphatic heterocycles. The van der Waals surface area contributed by atoms with Gasteiger partial charge in [0.1, 0.15) is 5.75 Å². The lowest BCUT2D eigenvalue weighted by Crippen LogP contribution is -2.52. The van der Waals surface area contributed by atoms with E-state index >= 15 is 0 Å². The van der Waals surface area contributed by atoms with Crippen LogP contribution in [0.2, 0.25) is 0 Å². The Labute approximate surface area is 780 Å². The smallest absolute Gasteiger partial charge is 0.317 e. The number of hydrogen-bond acceptors (Lipinski definition) is 17. The third-order valence-corrected chi connectivity index (χ3v) is 28.6. The first-order chi connectivity index (χ1) is 63.0. The lowest BCUT2D eigenvalue weighted by molar-refractivity contribution is 0.114. The van der Waals surface area contributed by atoms with Crippen molar-refractivity contribution in [2.24, 2.45) is 0 Å². The highest BCUT2D eigenvalue weighted by Gasteiger charge is 2.30. The van der Waals surface area contributed by atoms with Crippen molar-refractivity contribution >= 4 is 64.7 Å². The molecule has 10 amide bonds. The summed E-state index contributed by atoms with van der Waals surface area (Å²) < 4.78 is 0. The summed E-state index contributed by atoms with van der Waals surface area (Å²) in [7, 11) is 0. The number of carbonyl (C=O) groups is 5. The van der Waals surface area contributed by atoms with Gasteiger partial charge in [0.2, 0.25) is 0 Å². The van der Waals surface area contributed by atoms with Gasteiger partial charge in [-0.05, 0) is 300 Å². The van der Waals surface area contributed by atoms with Crippen molar-refractivity contribution in [3.05, 3.63) is 143 Å². The molecule has 1 unspecified atom stereocenters. The van der Waals surface area contributed by atoms with E-state index < -0.39 is 0 Å². The number of amides is 10. The zero-order chi connectivity index (χ0) is 90.6. The quantitative estimate of drug-likeness (QED) is 0.0213. The van der Waals surface area contributed by atoms with E-state index in [1.807, 2.05) is 42.7 Å². The summed E-state index contributed by atoms with van der Waals surface area (Å²) in [5, 5.41) is 25.4. The number of nitrogens with zero attached hydrogens (tertiary/aromatic N) is 15. The first-order valence-electron chi connectivity index (χ1n) is 50.1. The van der Waals surface area contributed by atoms with Crippen molar-refractivity contribution in [1.82, 2.24) is 80.5 Å². The molecule has 26 nitrogen and oxygen atoms in total. The number of para-hydroxylation sites is 3. The van der Waals surface area contributed by atoms with E-state index in [4.69, 9.17) is 0 Å². The van der Waals surface area contributed by atoms with E-state index in [2.05, 4.69) is 207 Å². The molecule has 5 aromatic rings. The molecule has 0 radical (unpaired) electrons. The average Bonchev–Trinajstić information content (AvgIpc) is 0.833. The van der Waals surface area contributed by atoms with Crippen LogP contribution in [-0.2, 0) is 0 Å². The van der Waals surface area contributed by atoms with Gasteiger partial charge in [0.15, 0.2) is 0 Å². The van der Waals surface area contributed by atoms with E-state index in [9.17, 15) is 29.1 Å². The summed E-state index contributed by atoms with van der Waals surface area (Å²) in [4.78, 5) is 97.2. The van der Waals surface area contributed by atoms with Crippen LogP contribution >= 0.6 is 11.8 Å². The van der Waals surface area contributed by atoms with Crippen molar-refractivity contribution in [3.63, 3.8) is 0 Å². The fourth-order valence-corrected chi connectivity index (χ4v) is 20.2. The molecule has 129 heavy (non-hydrogen) atoms. The van der Waals surface area contributed by atoms with Gasteiger partial charge >= 0.3 is 30.2 Å². The summed E-state index contributed by atoms with van der Waals surface area (Å²) in [6.07, 6.45) is 27.5. The molecular weight excluding hydrogens is 1630 g/mol. The highest BCUT2D eigenvalue weighted by atomic mass is 32.2. The maximum absolute atomic E-state index is 12.4. The number of phenolic OH excluding ortho intramolecular Hbond substituents is 1. The van der Waals surface area contributed by atoms with Crippen LogP contribution in [0.25, 0.3) is 0 Å². The molecule has 10 saturated heterocycles. The van der Waals surface area contributed by atoms with E-state index in [0.717, 1.165) is 221 Å². The van der Waals surface area contributed by atoms with Gasteiger partial charge in [-0.25, -0.2) is 24.0 Å². The van der Waals surface area contributed by atoms with E-state index in [1.165, 1.54) is 212 Å². The molecule has 0 bridgehead atoms. The Kier molecular flexibility index (Phi) is 44.2. The Morgan fingerprint density at radius 3 is 0.977 bits per heavy atom. The second kappa shape index (κ2) is 56.4. The fraction of sp³-hybridized carbons (Fsp3) is 0.657. The normalized spacial score (nSPS) is 19.3. The number of benzene rings is 5. The van der Waals surface area contributed by atoms with Crippen LogP contribution in [0.4, 0.5) is 46.7 Å². The molecule has 27 heteroatoms. The van der Waals surface area contributed by atoms with E-state index in [-0.39, 0.29) is 30.2 Å². The van der Waals surface area contributed by atoms with Crippen LogP contribution in [0.15, 0.2) is 120 Å². The topological polar surface area (TPSA) is 214 Å². The number of anilines is 4. The number of aromatic hydroxyl groups is 1. The number of rotatable bonds is 27. The largest absolute Gasteiger partial charge is 0.506 e. The number of piperidine rings is 5. The third-order valence-electron chi connectivity index (χ3n) is 27.8. The molecule has 5 aromatic carbocycles. The predicted molar refractivity (Wildman–Crippen MR) is 533 cm³/mol. The van der Waals surface area contributed by atoms with Gasteiger partial charge in [0.05, 0.1) is 11.4 Å². The molecule has 6 N–H and O–H groups in total. The molecule has 10 fully saturated rings. The van der Waals surface area contributed by atoms with Gasteiger partial charge in [-0.2, -0.15) is 0 Å². The number of phenols is 1. The SMILES string of the molecule is CC(c1ccccc1)N1CCN(C(=O)NCCCN2CCCCC2)CC1.CSc1ccccc1N1CCN(C(=O)NCCCN2CCCCC2)CC1.Cc1ccc(N2CCN(C(=O)NCCCN3CCCCC3)CC2)c(C)c1.Cc1ccc(N2CCN(C(=O)NCCCN3CCCCC3)CC2)cc1C.O=C(NCCCN1CCCCC1)N1CCN(c2ccccc2O)CC1. The van der Waals surface area contributed by atoms with Gasteiger partial charge in [-0.3, -0.25) is 4.90 Å². The van der Waals surface area contributed by atoms with Gasteiger partial charge in [0, 0.05) is 186 Å². The van der Waals surface area contributed by atoms with Gasteiger partial charge in [-0.15, -0.1) is 11.8 Å². The number of nitrogens with one attached hydrogen (secondary N) is 5. The predicted octanol–water partition coefficient (Wildman–Crippen LogP) is 14.2. The fourth-order valence-electron chi connectivity index (χ4n) is 19.5. The minimum Gasteiger partial charge on any atom is -0.506 e. The highest BCUT2D eigenvalue weighted by molar-refractivity contribution is 7.98. The number of piperazine rings is 5. The zero-order valence-electron chi connectivity index (χ0n) is 80.1. The van der Waals surface area contributed by atoms with Crippen LogP contribution < -0.4 is 46.2 Å². The highest BCUT2D eigenvalue weighted by Crippen LogP contribution is 2.31. The Morgan fingerprint density at radius 1 is 0.310 bits per heavy atom. The second-order valence-corrected chi connectivity index (χ2v) is 38.0. The number of likely N-dealkylation sites (tertiary alicyclic amines) is 5. The van der Waals surface area contributed by atoms with Crippen LogP contribution in [0, 0.1) is 27.7 Å². The monoisotopic (exact) mass is 1800 g/mol. The molecular formula is C102H164N20O6S. The summed E-state index contributed by atoms with van der Waals surface area (Å²) in [5.41, 5.74) is 11.3. The maximum Gasteiger partial charge on any atom is 0.317 e. The molecule has 10 aliphatic rings. The standard InChI is InChI=1S/3C21H34N4O.C20H32N4OS.C19H30N4O2/c1-18-7-8-20(17-19(18)2)24-13-15-25(16-14-24)21(26)22-9-6-12-23-10-4-3-5-11-23;1-18-7-8-20(19(2)17-18)24-13-15-25(16-14-24)21(26)22-9-6-12-23-10-4-3-5-11-23;1-19(20-9-4-2-5-10-20)24-15-17-25(18-16-24)21(26)22-11-8-14-23-12-6-3-7-13-23;1-26-19-9-4-3-8-18(19)23-14-16-24(17-15-23)20(25)21-10-7-13-22-11-5-2-6-12-22;24-18-8-3-2-7-17(18)22-13-15-23(16-14-22)19(25)20-9-6-12-21-10-4-1-5-11-21/h2*7-8,17H,3-6,9-16H2,1-2H3,(H,22,26);2,4-5,9-10,19H,3,6-8,11-18H2,1H3,(H,22,26);3-4,8-9H,2,5-7,10-17H2,1H3,(H,21,25);2-3,7-8,24H,1,4-6,9-16H2,(H,20,25). The van der Waals surface area contributed by atoms with Crippen molar-refractivity contribution in [1.29, 1.82) is 0 Å². The Hall–Kier alpha value is -8.44. The Morgan fingerprint density at radius 2 is 0.628 bits per heavy atom. The van der Waals surface area contributed by atoms with E-state index in [0.29, 0.717) is 24.9 Å². The Balaban J connectivity index is 0.000000156. The molecule has 0 saturated carbocycles. The number of thioether (sulfide) groups is 1. The van der Waals surface area contributed by atoms with Crippen molar-refractivity contribution in [2.75, 3.05) is 288 Å². The molecule has 15 rings (SSSR count). The third kappa shape index (κ3) is 34.6. The first-order valence-corrected chi connectivity index (χ1v) is 51.3.